The second-order valence-electron chi connectivity index (χ2n) is 3.71. The molecule has 1 aliphatic rings. The highest BCUT2D eigenvalue weighted by molar-refractivity contribution is 6.03. The highest BCUT2D eigenvalue weighted by Crippen LogP contribution is 2.25. The fourth-order valence-corrected chi connectivity index (χ4v) is 1.89. The molecule has 86 valence electrons. The normalized spacial score (nSPS) is 16.1. The Kier molecular flexibility index (Phi) is 2.96. The predicted octanol–water partition coefficient (Wildman–Crippen LogP) is 0.204. The van der Waals surface area contributed by atoms with Gasteiger partial charge in [0.1, 0.15) is 0 Å². The van der Waals surface area contributed by atoms with Crippen LogP contribution in [0.25, 0.3) is 0 Å². The first-order valence-corrected chi connectivity index (χ1v) is 5.21. The molecule has 1 aromatic carbocycles. The summed E-state index contributed by atoms with van der Waals surface area (Å²) in [6.45, 7) is 2.83. The van der Waals surface area contributed by atoms with Crippen molar-refractivity contribution in [2.45, 2.75) is 0 Å². The summed E-state index contributed by atoms with van der Waals surface area (Å²) in [6.07, 6.45) is 0. The molecule has 1 amide bonds. The first kappa shape index (κ1) is 10.8. The minimum absolute atomic E-state index is 0.407. The summed E-state index contributed by atoms with van der Waals surface area (Å²) >= 11 is 0. The Morgan fingerprint density at radius 1 is 1.31 bits per heavy atom. The van der Waals surface area contributed by atoms with Crippen molar-refractivity contribution in [2.75, 3.05) is 36.9 Å². The van der Waals surface area contributed by atoms with E-state index in [1.165, 1.54) is 0 Å². The molecule has 0 spiro atoms. The number of carbonyl (C=O) groups excluding carboxylic acids is 1. The molecule has 4 N–H and O–H groups in total. The van der Waals surface area contributed by atoms with Crippen LogP contribution >= 0.6 is 0 Å². The fraction of sp³-hybridized carbons (Fsp3) is 0.364. The third-order valence-electron chi connectivity index (χ3n) is 2.67. The summed E-state index contributed by atoms with van der Waals surface area (Å²) in [5, 5.41) is 0. The number of benzene rings is 1. The van der Waals surface area contributed by atoms with E-state index in [1.807, 2.05) is 12.1 Å². The Morgan fingerprint density at radius 2 is 2.00 bits per heavy atom. The van der Waals surface area contributed by atoms with Crippen molar-refractivity contribution in [3.8, 4) is 0 Å². The lowest BCUT2D eigenvalue weighted by Crippen LogP contribution is -2.37. The number of primary amides is 1. The lowest BCUT2D eigenvalue weighted by atomic mass is 10.1. The smallest absolute Gasteiger partial charge is 0.252 e. The van der Waals surface area contributed by atoms with Gasteiger partial charge in [0.05, 0.1) is 24.5 Å². The van der Waals surface area contributed by atoms with Crippen molar-refractivity contribution in [1.29, 1.82) is 0 Å². The second-order valence-corrected chi connectivity index (χ2v) is 3.71. The Bertz CT molecular complexity index is 400. The zero-order valence-corrected chi connectivity index (χ0v) is 8.98. The van der Waals surface area contributed by atoms with Crippen LogP contribution in [0.5, 0.6) is 0 Å². The molecule has 0 radical (unpaired) electrons. The monoisotopic (exact) mass is 221 g/mol. The van der Waals surface area contributed by atoms with E-state index in [0.29, 0.717) is 24.5 Å². The zero-order valence-electron chi connectivity index (χ0n) is 8.98. The summed E-state index contributed by atoms with van der Waals surface area (Å²) in [4.78, 5) is 13.4. The molecule has 5 heteroatoms. The van der Waals surface area contributed by atoms with Crippen LogP contribution in [0.4, 0.5) is 11.4 Å². The molecule has 0 aliphatic carbocycles. The van der Waals surface area contributed by atoms with Gasteiger partial charge in [-0.3, -0.25) is 4.79 Å². The third kappa shape index (κ3) is 1.94. The second kappa shape index (κ2) is 4.40. The average molecular weight is 221 g/mol. The molecule has 0 saturated carbocycles. The number of nitrogens with zero attached hydrogens (tertiary/aromatic N) is 1. The van der Waals surface area contributed by atoms with Crippen molar-refractivity contribution in [1.82, 2.24) is 0 Å². The predicted molar refractivity (Wildman–Crippen MR) is 62.4 cm³/mol. The standard InChI is InChI=1S/C11H15N3O2/c12-8-2-1-3-9(10(8)11(13)15)14-4-6-16-7-5-14/h1-3H,4-7,12H2,(H2,13,15). The molecule has 0 atom stereocenters. The molecular formula is C11H15N3O2. The van der Waals surface area contributed by atoms with E-state index in [-0.39, 0.29) is 0 Å². The molecule has 1 saturated heterocycles. The maximum atomic E-state index is 11.4. The molecule has 2 rings (SSSR count). The molecule has 0 aromatic heterocycles. The van der Waals surface area contributed by atoms with E-state index in [4.69, 9.17) is 16.2 Å². The summed E-state index contributed by atoms with van der Waals surface area (Å²) < 4.78 is 5.26. The first-order valence-electron chi connectivity index (χ1n) is 5.21. The van der Waals surface area contributed by atoms with E-state index in [0.717, 1.165) is 18.8 Å². The maximum Gasteiger partial charge on any atom is 0.252 e. The number of anilines is 2. The summed E-state index contributed by atoms with van der Waals surface area (Å²) in [6, 6.07) is 5.37. The van der Waals surface area contributed by atoms with Gasteiger partial charge in [0.15, 0.2) is 0 Å². The number of ether oxygens (including phenoxy) is 1. The van der Waals surface area contributed by atoms with Crippen LogP contribution in [0, 0.1) is 0 Å². The van der Waals surface area contributed by atoms with E-state index in [1.54, 1.807) is 6.07 Å². The zero-order chi connectivity index (χ0) is 11.5. The van der Waals surface area contributed by atoms with Crippen LogP contribution < -0.4 is 16.4 Å². The number of morpholine rings is 1. The van der Waals surface area contributed by atoms with Gasteiger partial charge in [0.2, 0.25) is 0 Å². The number of amides is 1. The SMILES string of the molecule is NC(=O)c1c(N)cccc1N1CCOCC1. The summed E-state index contributed by atoms with van der Waals surface area (Å²) in [5.74, 6) is -0.486. The fourth-order valence-electron chi connectivity index (χ4n) is 1.89. The third-order valence-corrected chi connectivity index (χ3v) is 2.67. The quantitative estimate of drug-likeness (QED) is 0.699. The number of hydrogen-bond donors (Lipinski definition) is 2. The number of carbonyl (C=O) groups is 1. The van der Waals surface area contributed by atoms with Crippen molar-refractivity contribution < 1.29 is 9.53 Å². The largest absolute Gasteiger partial charge is 0.398 e. The van der Waals surface area contributed by atoms with Crippen LogP contribution in [0.1, 0.15) is 10.4 Å². The maximum absolute atomic E-state index is 11.4. The Morgan fingerprint density at radius 3 is 2.62 bits per heavy atom. The van der Waals surface area contributed by atoms with E-state index < -0.39 is 5.91 Å². The minimum atomic E-state index is -0.486. The van der Waals surface area contributed by atoms with Gasteiger partial charge < -0.3 is 21.1 Å². The van der Waals surface area contributed by atoms with Crippen LogP contribution in [0.2, 0.25) is 0 Å². The van der Waals surface area contributed by atoms with Crippen LogP contribution in [-0.2, 0) is 4.74 Å². The number of hydrogen-bond acceptors (Lipinski definition) is 4. The minimum Gasteiger partial charge on any atom is -0.398 e. The molecule has 16 heavy (non-hydrogen) atoms. The Balaban J connectivity index is 2.38. The Labute approximate surface area is 94.0 Å². The highest BCUT2D eigenvalue weighted by atomic mass is 16.5. The van der Waals surface area contributed by atoms with Crippen LogP contribution in [-0.4, -0.2) is 32.2 Å². The van der Waals surface area contributed by atoms with Gasteiger partial charge in [-0.05, 0) is 12.1 Å². The van der Waals surface area contributed by atoms with Crippen LogP contribution in [0.15, 0.2) is 18.2 Å². The topological polar surface area (TPSA) is 81.6 Å². The molecular weight excluding hydrogens is 206 g/mol. The number of nitrogen functional groups attached to an aromatic ring is 1. The van der Waals surface area contributed by atoms with Gasteiger partial charge in [0.25, 0.3) is 5.91 Å². The van der Waals surface area contributed by atoms with Gasteiger partial charge in [-0.1, -0.05) is 6.07 Å². The molecule has 5 nitrogen and oxygen atoms in total. The van der Waals surface area contributed by atoms with Crippen molar-refractivity contribution in [3.63, 3.8) is 0 Å². The number of nitrogens with two attached hydrogens (primary N) is 2. The van der Waals surface area contributed by atoms with E-state index >= 15 is 0 Å². The lowest BCUT2D eigenvalue weighted by Gasteiger charge is -2.30. The van der Waals surface area contributed by atoms with Gasteiger partial charge in [-0.15, -0.1) is 0 Å². The highest BCUT2D eigenvalue weighted by Gasteiger charge is 2.18. The van der Waals surface area contributed by atoms with E-state index in [9.17, 15) is 4.79 Å². The van der Waals surface area contributed by atoms with Crippen molar-refractivity contribution in [3.05, 3.63) is 23.8 Å². The number of rotatable bonds is 2. The van der Waals surface area contributed by atoms with Gasteiger partial charge >= 0.3 is 0 Å². The van der Waals surface area contributed by atoms with Crippen molar-refractivity contribution >= 4 is 17.3 Å². The van der Waals surface area contributed by atoms with Gasteiger partial charge in [-0.2, -0.15) is 0 Å². The Hall–Kier alpha value is -1.75. The molecule has 1 aliphatic heterocycles. The average Bonchev–Trinajstić information content (AvgIpc) is 2.29. The lowest BCUT2D eigenvalue weighted by molar-refractivity contribution is 0.0999. The molecule has 1 fully saturated rings. The van der Waals surface area contributed by atoms with Crippen LogP contribution in [0.3, 0.4) is 0 Å². The van der Waals surface area contributed by atoms with Crippen molar-refractivity contribution in [2.24, 2.45) is 5.73 Å². The van der Waals surface area contributed by atoms with Gasteiger partial charge in [-0.25, -0.2) is 0 Å². The van der Waals surface area contributed by atoms with Gasteiger partial charge in [0, 0.05) is 18.8 Å². The summed E-state index contributed by atoms with van der Waals surface area (Å²) in [7, 11) is 0. The molecule has 0 unspecified atom stereocenters. The summed E-state index contributed by atoms with van der Waals surface area (Å²) in [5.41, 5.74) is 12.8. The molecule has 0 bridgehead atoms. The van der Waals surface area contributed by atoms with E-state index in [2.05, 4.69) is 4.90 Å². The first-order chi connectivity index (χ1) is 7.70. The molecule has 1 heterocycles. The molecule has 1 aromatic rings.